The Morgan fingerprint density at radius 2 is 1.70 bits per heavy atom. The molecular weight excluding hydrogens is 160 g/mol. The SMILES string of the molecule is CCCCCCS(C)(C)S. The third kappa shape index (κ3) is 8.70. The highest BCUT2D eigenvalue weighted by Gasteiger charge is 2.02. The third-order valence-corrected chi connectivity index (χ3v) is 3.33. The van der Waals surface area contributed by atoms with E-state index in [0.29, 0.717) is 0 Å². The van der Waals surface area contributed by atoms with E-state index in [9.17, 15) is 0 Å². The van der Waals surface area contributed by atoms with Crippen LogP contribution in [0.4, 0.5) is 0 Å². The van der Waals surface area contributed by atoms with Gasteiger partial charge in [0.05, 0.1) is 0 Å². The first kappa shape index (κ1) is 10.7. The molecule has 0 rings (SSSR count). The molecule has 10 heavy (non-hydrogen) atoms. The summed E-state index contributed by atoms with van der Waals surface area (Å²) in [5.41, 5.74) is 0. The van der Waals surface area contributed by atoms with Crippen LogP contribution in [0.3, 0.4) is 0 Å². The van der Waals surface area contributed by atoms with E-state index >= 15 is 0 Å². The molecule has 0 amide bonds. The first-order valence-corrected chi connectivity index (χ1v) is 7.67. The van der Waals surface area contributed by atoms with Gasteiger partial charge in [0.1, 0.15) is 0 Å². The Labute approximate surface area is 71.9 Å². The van der Waals surface area contributed by atoms with Crippen LogP contribution in [0, 0.1) is 0 Å². The van der Waals surface area contributed by atoms with Gasteiger partial charge in [0, 0.05) is 0 Å². The van der Waals surface area contributed by atoms with Crippen LogP contribution < -0.4 is 0 Å². The van der Waals surface area contributed by atoms with Gasteiger partial charge in [0.25, 0.3) is 0 Å². The molecule has 0 spiro atoms. The summed E-state index contributed by atoms with van der Waals surface area (Å²) in [5, 5.41) is 0. The number of hydrogen-bond acceptors (Lipinski definition) is 1. The highest BCUT2D eigenvalue weighted by atomic mass is 33.1. The Hall–Kier alpha value is 0.700. The largest absolute Gasteiger partial charge is 0.201 e. The molecule has 64 valence electrons. The summed E-state index contributed by atoms with van der Waals surface area (Å²) in [6.45, 7) is 2.25. The summed E-state index contributed by atoms with van der Waals surface area (Å²) >= 11 is 4.54. The quantitative estimate of drug-likeness (QED) is 0.374. The molecule has 0 atom stereocenters. The average molecular weight is 180 g/mol. The van der Waals surface area contributed by atoms with Gasteiger partial charge in [-0.05, 0) is 24.7 Å². The lowest BCUT2D eigenvalue weighted by molar-refractivity contribution is 0.706. The molecule has 0 saturated heterocycles. The van der Waals surface area contributed by atoms with Crippen molar-refractivity contribution in [3.8, 4) is 0 Å². The monoisotopic (exact) mass is 180 g/mol. The molecule has 0 aliphatic carbocycles. The van der Waals surface area contributed by atoms with Crippen LogP contribution in [0.25, 0.3) is 0 Å². The Morgan fingerprint density at radius 1 is 1.10 bits per heavy atom. The second-order valence-electron chi connectivity index (χ2n) is 3.24. The third-order valence-electron chi connectivity index (χ3n) is 1.50. The van der Waals surface area contributed by atoms with Crippen molar-refractivity contribution in [1.82, 2.24) is 0 Å². The van der Waals surface area contributed by atoms with Crippen molar-refractivity contribution in [3.05, 3.63) is 0 Å². The summed E-state index contributed by atoms with van der Waals surface area (Å²) in [6, 6.07) is 0. The molecule has 0 heterocycles. The molecule has 0 fully saturated rings. The fraction of sp³-hybridized carbons (Fsp3) is 1.00. The average Bonchev–Trinajstić information content (AvgIpc) is 1.78. The normalized spacial score (nSPS) is 13.6. The van der Waals surface area contributed by atoms with E-state index in [-0.39, 0.29) is 0 Å². The zero-order valence-corrected chi connectivity index (χ0v) is 9.10. The molecule has 0 nitrogen and oxygen atoms in total. The Morgan fingerprint density at radius 3 is 2.10 bits per heavy atom. The van der Waals surface area contributed by atoms with Crippen LogP contribution in [0.1, 0.15) is 32.6 Å². The van der Waals surface area contributed by atoms with Crippen molar-refractivity contribution in [2.75, 3.05) is 18.3 Å². The summed E-state index contributed by atoms with van der Waals surface area (Å²) in [4.78, 5) is 0. The maximum absolute atomic E-state index is 4.54. The number of thiol groups is 1. The number of unbranched alkanes of at least 4 members (excludes halogenated alkanes) is 3. The predicted octanol–water partition coefficient (Wildman–Crippen LogP) is 3.48. The van der Waals surface area contributed by atoms with E-state index in [1.54, 1.807) is 0 Å². The minimum Gasteiger partial charge on any atom is -0.201 e. The Bertz CT molecular complexity index is 73.8. The first-order chi connectivity index (χ1) is 4.56. The molecule has 0 saturated carbocycles. The van der Waals surface area contributed by atoms with Crippen LogP contribution >= 0.6 is 20.7 Å². The van der Waals surface area contributed by atoms with Crippen molar-refractivity contribution in [2.45, 2.75) is 32.6 Å². The second-order valence-corrected chi connectivity index (χ2v) is 9.58. The number of hydrogen-bond donors (Lipinski definition) is 1. The molecule has 0 aromatic carbocycles. The van der Waals surface area contributed by atoms with Gasteiger partial charge in [-0.15, -0.1) is 11.7 Å². The minimum atomic E-state index is -0.510. The van der Waals surface area contributed by atoms with E-state index in [1.165, 1.54) is 31.4 Å². The van der Waals surface area contributed by atoms with Gasteiger partial charge in [-0.25, -0.2) is 9.06 Å². The molecule has 0 aromatic heterocycles. The molecule has 0 aromatic rings. The lowest BCUT2D eigenvalue weighted by Crippen LogP contribution is -1.92. The van der Waals surface area contributed by atoms with Crippen LogP contribution in [-0.4, -0.2) is 18.3 Å². The Kier molecular flexibility index (Phi) is 5.74. The zero-order valence-electron chi connectivity index (χ0n) is 7.39. The molecule has 2 heteroatoms. The van der Waals surface area contributed by atoms with Gasteiger partial charge < -0.3 is 0 Å². The first-order valence-electron chi connectivity index (χ1n) is 3.99. The predicted molar refractivity (Wildman–Crippen MR) is 57.4 cm³/mol. The maximum atomic E-state index is 4.54. The summed E-state index contributed by atoms with van der Waals surface area (Å²) in [5.74, 6) is 1.33. The van der Waals surface area contributed by atoms with E-state index < -0.39 is 9.06 Å². The minimum absolute atomic E-state index is 0.510. The van der Waals surface area contributed by atoms with Crippen molar-refractivity contribution >= 4 is 20.7 Å². The van der Waals surface area contributed by atoms with E-state index in [4.69, 9.17) is 0 Å². The summed E-state index contributed by atoms with van der Waals surface area (Å²) in [6.07, 6.45) is 10.0. The van der Waals surface area contributed by atoms with Gasteiger partial charge in [-0.3, -0.25) is 0 Å². The second kappa shape index (κ2) is 5.36. The highest BCUT2D eigenvalue weighted by molar-refractivity contribution is 8.87. The van der Waals surface area contributed by atoms with E-state index in [2.05, 4.69) is 31.1 Å². The van der Waals surface area contributed by atoms with Crippen LogP contribution in [-0.2, 0) is 0 Å². The highest BCUT2D eigenvalue weighted by Crippen LogP contribution is 2.45. The summed E-state index contributed by atoms with van der Waals surface area (Å²) < 4.78 is 0. The van der Waals surface area contributed by atoms with Crippen molar-refractivity contribution < 1.29 is 0 Å². The van der Waals surface area contributed by atoms with Crippen LogP contribution in [0.15, 0.2) is 0 Å². The molecule has 0 bridgehead atoms. The topological polar surface area (TPSA) is 0 Å². The van der Waals surface area contributed by atoms with Gasteiger partial charge >= 0.3 is 0 Å². The molecule has 0 aliphatic rings. The van der Waals surface area contributed by atoms with Crippen molar-refractivity contribution in [2.24, 2.45) is 0 Å². The van der Waals surface area contributed by atoms with Crippen molar-refractivity contribution in [1.29, 1.82) is 0 Å². The van der Waals surface area contributed by atoms with Gasteiger partial charge in [0.15, 0.2) is 0 Å². The smallest absolute Gasteiger partial charge is 0.0149 e. The maximum Gasteiger partial charge on any atom is -0.0149 e. The standard InChI is InChI=1S/C8H20S2/c1-4-5-6-7-8-10(2,3)9/h9H,4-8H2,1-3H3. The van der Waals surface area contributed by atoms with Gasteiger partial charge in [-0.2, -0.15) is 0 Å². The number of rotatable bonds is 5. The zero-order chi connectivity index (χ0) is 8.04. The van der Waals surface area contributed by atoms with E-state index in [0.717, 1.165) is 0 Å². The van der Waals surface area contributed by atoms with Gasteiger partial charge in [-0.1, -0.05) is 26.2 Å². The Balaban J connectivity index is 3.04. The lowest BCUT2D eigenvalue weighted by Gasteiger charge is -2.23. The van der Waals surface area contributed by atoms with Gasteiger partial charge in [0.2, 0.25) is 0 Å². The molecule has 0 radical (unpaired) electrons. The fourth-order valence-corrected chi connectivity index (χ4v) is 2.18. The van der Waals surface area contributed by atoms with Crippen LogP contribution in [0.5, 0.6) is 0 Å². The molecule has 0 N–H and O–H groups in total. The lowest BCUT2D eigenvalue weighted by atomic mass is 10.2. The van der Waals surface area contributed by atoms with Crippen molar-refractivity contribution in [3.63, 3.8) is 0 Å². The fourth-order valence-electron chi connectivity index (χ4n) is 0.882. The summed E-state index contributed by atoms with van der Waals surface area (Å²) in [7, 11) is -0.510. The molecular formula is C8H20S2. The van der Waals surface area contributed by atoms with Crippen LogP contribution in [0.2, 0.25) is 0 Å². The molecule has 0 aliphatic heterocycles. The van der Waals surface area contributed by atoms with E-state index in [1.807, 2.05) is 0 Å². The molecule has 0 unspecified atom stereocenters.